The van der Waals surface area contributed by atoms with E-state index >= 15 is 0 Å². The number of likely N-dealkylation sites (tertiary alicyclic amines) is 1. The molecule has 1 aromatic carbocycles. The van der Waals surface area contributed by atoms with Crippen molar-refractivity contribution in [1.29, 1.82) is 0 Å². The number of ether oxygens (including phenoxy) is 2. The normalized spacial score (nSPS) is 24.8. The van der Waals surface area contributed by atoms with Gasteiger partial charge in [0.25, 0.3) is 5.91 Å². The predicted molar refractivity (Wildman–Crippen MR) is 102 cm³/mol. The Morgan fingerprint density at radius 3 is 2.69 bits per heavy atom. The van der Waals surface area contributed by atoms with Crippen molar-refractivity contribution in [2.45, 2.75) is 24.9 Å². The van der Waals surface area contributed by atoms with Crippen LogP contribution in [0, 0.1) is 5.92 Å². The van der Waals surface area contributed by atoms with Crippen molar-refractivity contribution >= 4 is 5.91 Å². The first-order valence-corrected chi connectivity index (χ1v) is 9.49. The summed E-state index contributed by atoms with van der Waals surface area (Å²) < 4.78 is 10.9. The van der Waals surface area contributed by atoms with Gasteiger partial charge in [-0.1, -0.05) is 12.1 Å². The molecule has 0 bridgehead atoms. The first-order valence-electron chi connectivity index (χ1n) is 9.49. The van der Waals surface area contributed by atoms with E-state index in [1.165, 1.54) is 0 Å². The fourth-order valence-electron chi connectivity index (χ4n) is 4.15. The van der Waals surface area contributed by atoms with Gasteiger partial charge in [-0.05, 0) is 39.1 Å². The number of para-hydroxylation sites is 1. The number of hydrogen-bond donors (Lipinski definition) is 1. The van der Waals surface area contributed by atoms with E-state index in [4.69, 9.17) is 9.47 Å². The predicted octanol–water partition coefficient (Wildman–Crippen LogP) is 1.47. The molecule has 2 fully saturated rings. The SMILES string of the molecule is COc1ccccc1C(=O)N[C@@H]1CN(C2CCOCC2)C[C@H]1CN(C)C. The van der Waals surface area contributed by atoms with Crippen molar-refractivity contribution in [3.05, 3.63) is 29.8 Å². The quantitative estimate of drug-likeness (QED) is 0.832. The lowest BCUT2D eigenvalue weighted by Crippen LogP contribution is -2.44. The van der Waals surface area contributed by atoms with Crippen molar-refractivity contribution < 1.29 is 14.3 Å². The minimum Gasteiger partial charge on any atom is -0.496 e. The average Bonchev–Trinajstić information content (AvgIpc) is 3.04. The van der Waals surface area contributed by atoms with Gasteiger partial charge in [-0.2, -0.15) is 0 Å². The van der Waals surface area contributed by atoms with Gasteiger partial charge >= 0.3 is 0 Å². The fourth-order valence-corrected chi connectivity index (χ4v) is 4.15. The molecule has 1 amide bonds. The standard InChI is InChI=1S/C20H31N3O3/c1-22(2)12-15-13-23(16-8-10-26-11-9-16)14-18(15)21-20(24)17-6-4-5-7-19(17)25-3/h4-7,15-16,18H,8-14H2,1-3H3,(H,21,24)/t15-,18-/m1/s1. The Morgan fingerprint density at radius 2 is 2.00 bits per heavy atom. The largest absolute Gasteiger partial charge is 0.496 e. The van der Waals surface area contributed by atoms with E-state index in [-0.39, 0.29) is 11.9 Å². The van der Waals surface area contributed by atoms with Crippen LogP contribution in [0.5, 0.6) is 5.75 Å². The van der Waals surface area contributed by atoms with Gasteiger partial charge in [0, 0.05) is 50.8 Å². The number of methoxy groups -OCH3 is 1. The summed E-state index contributed by atoms with van der Waals surface area (Å²) in [4.78, 5) is 17.6. The molecule has 6 heteroatoms. The Morgan fingerprint density at radius 1 is 1.27 bits per heavy atom. The Kier molecular flexibility index (Phi) is 6.51. The molecule has 6 nitrogen and oxygen atoms in total. The van der Waals surface area contributed by atoms with Gasteiger partial charge < -0.3 is 19.7 Å². The smallest absolute Gasteiger partial charge is 0.255 e. The van der Waals surface area contributed by atoms with Crippen LogP contribution in [0.15, 0.2) is 24.3 Å². The van der Waals surface area contributed by atoms with Crippen LogP contribution >= 0.6 is 0 Å². The van der Waals surface area contributed by atoms with Gasteiger partial charge in [0.15, 0.2) is 0 Å². The highest BCUT2D eigenvalue weighted by Gasteiger charge is 2.37. The highest BCUT2D eigenvalue weighted by Crippen LogP contribution is 2.25. The summed E-state index contributed by atoms with van der Waals surface area (Å²) in [6.45, 7) is 4.59. The molecule has 1 N–H and O–H groups in total. The molecular formula is C20H31N3O3. The number of nitrogens with zero attached hydrogens (tertiary/aromatic N) is 2. The van der Waals surface area contributed by atoms with Crippen molar-refractivity contribution in [2.75, 3.05) is 54.1 Å². The summed E-state index contributed by atoms with van der Waals surface area (Å²) in [7, 11) is 5.79. The van der Waals surface area contributed by atoms with Crippen LogP contribution in [0.1, 0.15) is 23.2 Å². The number of carbonyl (C=O) groups is 1. The maximum atomic E-state index is 12.9. The van der Waals surface area contributed by atoms with Crippen molar-refractivity contribution in [3.63, 3.8) is 0 Å². The summed E-state index contributed by atoms with van der Waals surface area (Å²) in [6.07, 6.45) is 2.17. The van der Waals surface area contributed by atoms with Crippen molar-refractivity contribution in [2.24, 2.45) is 5.92 Å². The van der Waals surface area contributed by atoms with E-state index < -0.39 is 0 Å². The average molecular weight is 361 g/mol. The third kappa shape index (κ3) is 4.55. The van der Waals surface area contributed by atoms with Gasteiger partial charge in [-0.25, -0.2) is 0 Å². The lowest BCUT2D eigenvalue weighted by Gasteiger charge is -2.31. The minimum absolute atomic E-state index is 0.0509. The van der Waals surface area contributed by atoms with E-state index in [9.17, 15) is 4.79 Å². The molecule has 0 aliphatic carbocycles. The minimum atomic E-state index is -0.0509. The summed E-state index contributed by atoms with van der Waals surface area (Å²) >= 11 is 0. The zero-order valence-corrected chi connectivity index (χ0v) is 16.1. The highest BCUT2D eigenvalue weighted by molar-refractivity contribution is 5.97. The van der Waals surface area contributed by atoms with Crippen LogP contribution in [0.4, 0.5) is 0 Å². The second-order valence-corrected chi connectivity index (χ2v) is 7.60. The molecule has 3 rings (SSSR count). The van der Waals surface area contributed by atoms with Crippen LogP contribution in [0.25, 0.3) is 0 Å². The maximum Gasteiger partial charge on any atom is 0.255 e. The summed E-state index contributed by atoms with van der Waals surface area (Å²) in [5.41, 5.74) is 0.600. The number of nitrogens with one attached hydrogen (secondary N) is 1. The lowest BCUT2D eigenvalue weighted by atomic mass is 10.0. The second kappa shape index (κ2) is 8.84. The molecule has 0 aromatic heterocycles. The van der Waals surface area contributed by atoms with Crippen molar-refractivity contribution in [1.82, 2.24) is 15.1 Å². The molecule has 2 aliphatic heterocycles. The van der Waals surface area contributed by atoms with E-state index in [1.54, 1.807) is 7.11 Å². The zero-order chi connectivity index (χ0) is 18.5. The zero-order valence-electron chi connectivity index (χ0n) is 16.1. The molecule has 0 spiro atoms. The lowest BCUT2D eigenvalue weighted by molar-refractivity contribution is 0.0403. The van der Waals surface area contributed by atoms with Gasteiger partial charge in [0.05, 0.1) is 12.7 Å². The number of amides is 1. The molecule has 26 heavy (non-hydrogen) atoms. The molecule has 0 saturated carbocycles. The summed E-state index contributed by atoms with van der Waals surface area (Å²) in [5.74, 6) is 0.991. The Balaban J connectivity index is 1.69. The molecule has 2 saturated heterocycles. The molecule has 0 radical (unpaired) electrons. The molecule has 1 aromatic rings. The highest BCUT2D eigenvalue weighted by atomic mass is 16.5. The number of carbonyl (C=O) groups excluding carboxylic acids is 1. The Bertz CT molecular complexity index is 602. The number of rotatable bonds is 6. The third-order valence-electron chi connectivity index (χ3n) is 5.44. The number of hydrogen-bond acceptors (Lipinski definition) is 5. The van der Waals surface area contributed by atoms with Gasteiger partial charge in [0.1, 0.15) is 5.75 Å². The van der Waals surface area contributed by atoms with Crippen molar-refractivity contribution in [3.8, 4) is 5.75 Å². The van der Waals surface area contributed by atoms with E-state index in [1.807, 2.05) is 24.3 Å². The van der Waals surface area contributed by atoms with E-state index in [0.717, 1.165) is 45.7 Å². The van der Waals surface area contributed by atoms with E-state index in [0.29, 0.717) is 23.3 Å². The van der Waals surface area contributed by atoms with Crippen LogP contribution in [0.3, 0.4) is 0 Å². The first kappa shape index (κ1) is 19.1. The van der Waals surface area contributed by atoms with E-state index in [2.05, 4.69) is 29.2 Å². The fraction of sp³-hybridized carbons (Fsp3) is 0.650. The Hall–Kier alpha value is -1.63. The van der Waals surface area contributed by atoms with Crippen LogP contribution in [-0.2, 0) is 4.74 Å². The second-order valence-electron chi connectivity index (χ2n) is 7.60. The molecule has 0 unspecified atom stereocenters. The molecule has 2 aliphatic rings. The number of benzene rings is 1. The van der Waals surface area contributed by atoms with Gasteiger partial charge in [-0.3, -0.25) is 9.69 Å². The first-order chi connectivity index (χ1) is 12.6. The molecule has 144 valence electrons. The van der Waals surface area contributed by atoms with Gasteiger partial charge in [0.2, 0.25) is 0 Å². The topological polar surface area (TPSA) is 54.0 Å². The monoisotopic (exact) mass is 361 g/mol. The van der Waals surface area contributed by atoms with Crippen LogP contribution < -0.4 is 10.1 Å². The van der Waals surface area contributed by atoms with Crippen LogP contribution in [-0.4, -0.2) is 81.8 Å². The maximum absolute atomic E-state index is 12.9. The Labute approximate surface area is 156 Å². The van der Waals surface area contributed by atoms with Gasteiger partial charge in [-0.15, -0.1) is 0 Å². The summed E-state index contributed by atoms with van der Waals surface area (Å²) in [5, 5.41) is 3.28. The van der Waals surface area contributed by atoms with Crippen LogP contribution in [0.2, 0.25) is 0 Å². The molecule has 2 atom stereocenters. The molecular weight excluding hydrogens is 330 g/mol. The molecule has 2 heterocycles. The third-order valence-corrected chi connectivity index (χ3v) is 5.44. The summed E-state index contributed by atoms with van der Waals surface area (Å²) in [6, 6.07) is 8.12.